The van der Waals surface area contributed by atoms with E-state index in [4.69, 9.17) is 5.73 Å². The van der Waals surface area contributed by atoms with Gasteiger partial charge in [0.05, 0.1) is 10.4 Å². The van der Waals surface area contributed by atoms with Gasteiger partial charge in [0.2, 0.25) is 0 Å². The van der Waals surface area contributed by atoms with E-state index in [0.717, 1.165) is 23.8 Å². The number of rotatable bonds is 5. The Hall–Kier alpha value is -2.11. The van der Waals surface area contributed by atoms with Crippen LogP contribution in [-0.2, 0) is 16.4 Å². The van der Waals surface area contributed by atoms with Crippen molar-refractivity contribution in [1.29, 1.82) is 0 Å². The Kier molecular flexibility index (Phi) is 4.24. The number of aromatic nitrogens is 1. The molecule has 0 bridgehead atoms. The Balaban J connectivity index is 2.09. The van der Waals surface area contributed by atoms with Gasteiger partial charge in [-0.3, -0.25) is 0 Å². The fraction of sp³-hybridized carbons (Fsp3) is 0.222. The van der Waals surface area contributed by atoms with Crippen LogP contribution in [0.1, 0.15) is 18.9 Å². The summed E-state index contributed by atoms with van der Waals surface area (Å²) in [6.45, 7) is 1.98. The average molecular weight is 328 g/mol. The first-order chi connectivity index (χ1) is 11.0. The molecule has 0 aliphatic rings. The minimum Gasteiger partial charge on any atom is -0.328 e. The van der Waals surface area contributed by atoms with Gasteiger partial charge in [-0.05, 0) is 49.6 Å². The Labute approximate surface area is 136 Å². The van der Waals surface area contributed by atoms with Gasteiger partial charge in [0.1, 0.15) is 0 Å². The molecule has 0 spiro atoms. The lowest BCUT2D eigenvalue weighted by Gasteiger charge is -2.09. The molecule has 1 atom stereocenters. The van der Waals surface area contributed by atoms with Crippen LogP contribution in [0.3, 0.4) is 0 Å². The van der Waals surface area contributed by atoms with Crippen molar-refractivity contribution in [2.45, 2.75) is 30.7 Å². The Morgan fingerprint density at radius 3 is 2.48 bits per heavy atom. The van der Waals surface area contributed by atoms with E-state index >= 15 is 0 Å². The minimum atomic E-state index is -3.58. The van der Waals surface area contributed by atoms with Crippen LogP contribution in [0.5, 0.6) is 0 Å². The molecule has 2 aromatic carbocycles. The van der Waals surface area contributed by atoms with Crippen molar-refractivity contribution in [2.24, 2.45) is 5.73 Å². The monoisotopic (exact) mass is 328 g/mol. The van der Waals surface area contributed by atoms with Crippen molar-refractivity contribution in [1.82, 2.24) is 3.97 Å². The number of benzene rings is 2. The zero-order valence-electron chi connectivity index (χ0n) is 13.0. The van der Waals surface area contributed by atoms with Crippen LogP contribution in [0.2, 0.25) is 0 Å². The number of aryl methyl sites for hydroxylation is 1. The molecule has 5 heteroatoms. The smallest absolute Gasteiger partial charge is 0.268 e. The summed E-state index contributed by atoms with van der Waals surface area (Å²) in [5, 5.41) is 0.965. The van der Waals surface area contributed by atoms with Gasteiger partial charge in [-0.25, -0.2) is 12.4 Å². The number of hydrogen-bond donors (Lipinski definition) is 1. The van der Waals surface area contributed by atoms with Gasteiger partial charge in [0.25, 0.3) is 10.0 Å². The van der Waals surface area contributed by atoms with Gasteiger partial charge >= 0.3 is 0 Å². The van der Waals surface area contributed by atoms with Crippen molar-refractivity contribution in [3.05, 3.63) is 66.4 Å². The third-order valence-corrected chi connectivity index (χ3v) is 5.66. The van der Waals surface area contributed by atoms with Crippen LogP contribution in [0, 0.1) is 0 Å². The molecule has 0 radical (unpaired) electrons. The summed E-state index contributed by atoms with van der Waals surface area (Å²) in [6.07, 6.45) is 3.34. The molecule has 4 nitrogen and oxygen atoms in total. The lowest BCUT2D eigenvalue weighted by Crippen LogP contribution is -2.15. The first-order valence-electron chi connectivity index (χ1n) is 7.65. The zero-order valence-corrected chi connectivity index (χ0v) is 13.8. The summed E-state index contributed by atoms with van der Waals surface area (Å²) in [4.78, 5) is 0.290. The van der Waals surface area contributed by atoms with E-state index < -0.39 is 10.0 Å². The van der Waals surface area contributed by atoms with Crippen molar-refractivity contribution in [2.75, 3.05) is 0 Å². The number of fused-ring (bicyclic) bond motifs is 1. The molecule has 3 rings (SSSR count). The van der Waals surface area contributed by atoms with Crippen LogP contribution in [0.25, 0.3) is 10.9 Å². The third kappa shape index (κ3) is 3.02. The summed E-state index contributed by atoms with van der Waals surface area (Å²) in [6, 6.07) is 16.2. The van der Waals surface area contributed by atoms with Crippen molar-refractivity contribution < 1.29 is 8.42 Å². The van der Waals surface area contributed by atoms with Crippen molar-refractivity contribution >= 4 is 20.9 Å². The van der Waals surface area contributed by atoms with E-state index in [1.165, 1.54) is 3.97 Å². The highest BCUT2D eigenvalue weighted by molar-refractivity contribution is 7.90. The maximum absolute atomic E-state index is 12.8. The fourth-order valence-corrected chi connectivity index (χ4v) is 4.09. The fourth-order valence-electron chi connectivity index (χ4n) is 2.72. The number of hydrogen-bond acceptors (Lipinski definition) is 3. The number of nitrogens with zero attached hydrogens (tertiary/aromatic N) is 1. The minimum absolute atomic E-state index is 0.125. The topological polar surface area (TPSA) is 65.1 Å². The zero-order chi connectivity index (χ0) is 16.4. The second-order valence-electron chi connectivity index (χ2n) is 5.80. The second kappa shape index (κ2) is 6.18. The molecule has 0 aliphatic heterocycles. The van der Waals surface area contributed by atoms with Crippen LogP contribution in [0.15, 0.2) is 65.7 Å². The molecule has 1 aromatic heterocycles. The van der Waals surface area contributed by atoms with Crippen molar-refractivity contribution in [3.63, 3.8) is 0 Å². The highest BCUT2D eigenvalue weighted by Gasteiger charge is 2.19. The lowest BCUT2D eigenvalue weighted by atomic mass is 10.0. The first kappa shape index (κ1) is 15.8. The van der Waals surface area contributed by atoms with Gasteiger partial charge in [-0.2, -0.15) is 0 Å². The molecule has 0 aliphatic carbocycles. The molecule has 0 fully saturated rings. The van der Waals surface area contributed by atoms with E-state index in [9.17, 15) is 8.42 Å². The molecule has 23 heavy (non-hydrogen) atoms. The standard InChI is InChI=1S/C18H20N2O2S/c1-14(19)10-11-15-6-5-9-18-17(15)12-13-20(18)23(21,22)16-7-3-2-4-8-16/h2-9,12-14H,10-11,19H2,1H3. The Bertz CT molecular complexity index is 913. The summed E-state index contributed by atoms with van der Waals surface area (Å²) >= 11 is 0. The molecular formula is C18H20N2O2S. The predicted octanol–water partition coefficient (Wildman–Crippen LogP) is 3.16. The molecule has 120 valence electrons. The van der Waals surface area contributed by atoms with E-state index in [0.29, 0.717) is 10.4 Å². The molecule has 0 saturated carbocycles. The highest BCUT2D eigenvalue weighted by Crippen LogP contribution is 2.25. The van der Waals surface area contributed by atoms with E-state index in [-0.39, 0.29) is 6.04 Å². The maximum Gasteiger partial charge on any atom is 0.268 e. The molecule has 1 unspecified atom stereocenters. The predicted molar refractivity (Wildman–Crippen MR) is 92.9 cm³/mol. The molecular weight excluding hydrogens is 308 g/mol. The molecule has 2 N–H and O–H groups in total. The molecule has 0 amide bonds. The quantitative estimate of drug-likeness (QED) is 0.782. The average Bonchev–Trinajstić information content (AvgIpc) is 2.99. The molecule has 0 saturated heterocycles. The van der Waals surface area contributed by atoms with Gasteiger partial charge in [0.15, 0.2) is 0 Å². The summed E-state index contributed by atoms with van der Waals surface area (Å²) in [5.74, 6) is 0. The van der Waals surface area contributed by atoms with E-state index in [1.807, 2.05) is 31.2 Å². The summed E-state index contributed by atoms with van der Waals surface area (Å²) in [7, 11) is -3.58. The Morgan fingerprint density at radius 2 is 1.78 bits per heavy atom. The first-order valence-corrected chi connectivity index (χ1v) is 9.09. The van der Waals surface area contributed by atoms with Crippen LogP contribution in [-0.4, -0.2) is 18.4 Å². The van der Waals surface area contributed by atoms with E-state index in [2.05, 4.69) is 0 Å². The van der Waals surface area contributed by atoms with E-state index in [1.54, 1.807) is 36.5 Å². The molecule has 1 heterocycles. The van der Waals surface area contributed by atoms with Gasteiger partial charge < -0.3 is 5.73 Å². The number of nitrogens with two attached hydrogens (primary N) is 1. The third-order valence-electron chi connectivity index (χ3n) is 3.96. The van der Waals surface area contributed by atoms with Gasteiger partial charge in [0, 0.05) is 17.6 Å². The maximum atomic E-state index is 12.8. The summed E-state index contributed by atoms with van der Waals surface area (Å²) < 4.78 is 27.0. The Morgan fingerprint density at radius 1 is 1.04 bits per heavy atom. The van der Waals surface area contributed by atoms with Crippen LogP contribution in [0.4, 0.5) is 0 Å². The normalized spacial score (nSPS) is 13.3. The summed E-state index contributed by atoms with van der Waals surface area (Å²) in [5.41, 5.74) is 7.67. The second-order valence-corrected chi connectivity index (χ2v) is 7.61. The SMILES string of the molecule is CC(N)CCc1cccc2c1ccn2S(=O)(=O)c1ccccc1. The van der Waals surface area contributed by atoms with Crippen LogP contribution < -0.4 is 5.73 Å². The van der Waals surface area contributed by atoms with Crippen molar-refractivity contribution in [3.8, 4) is 0 Å². The van der Waals surface area contributed by atoms with Crippen LogP contribution >= 0.6 is 0 Å². The lowest BCUT2D eigenvalue weighted by molar-refractivity contribution is 0.589. The highest BCUT2D eigenvalue weighted by atomic mass is 32.2. The van der Waals surface area contributed by atoms with Gasteiger partial charge in [-0.1, -0.05) is 30.3 Å². The molecule has 3 aromatic rings. The van der Waals surface area contributed by atoms with Gasteiger partial charge in [-0.15, -0.1) is 0 Å². The largest absolute Gasteiger partial charge is 0.328 e.